The van der Waals surface area contributed by atoms with Crippen LogP contribution in [0.4, 0.5) is 0 Å². The molecule has 4 aliphatic rings. The van der Waals surface area contributed by atoms with Crippen molar-refractivity contribution in [2.24, 2.45) is 52.8 Å². The predicted molar refractivity (Wildman–Crippen MR) is 128 cm³/mol. The third-order valence-electron chi connectivity index (χ3n) is 10.3. The second kappa shape index (κ2) is 8.85. The fourth-order valence-corrected chi connectivity index (χ4v) is 9.12. The maximum atomic E-state index is 13.7. The Bertz CT molecular complexity index is 893. The van der Waals surface area contributed by atoms with E-state index in [-0.39, 0.29) is 23.8 Å². The van der Waals surface area contributed by atoms with Gasteiger partial charge in [0, 0.05) is 12.1 Å². The third kappa shape index (κ3) is 3.78. The summed E-state index contributed by atoms with van der Waals surface area (Å²) in [6, 6.07) is 0. The molecule has 1 heterocycles. The molecule has 0 aromatic carbocycles. The molecule has 0 bridgehead atoms. The van der Waals surface area contributed by atoms with E-state index in [0.717, 1.165) is 35.5 Å². The lowest BCUT2D eigenvalue weighted by Gasteiger charge is -2.56. The summed E-state index contributed by atoms with van der Waals surface area (Å²) in [5.74, 6) is 5.75. The Morgan fingerprint density at radius 1 is 1.12 bits per heavy atom. The molecule has 5 heteroatoms. The Kier molecular flexibility index (Phi) is 6.20. The number of fused-ring (bicyclic) bond motifs is 5. The molecule has 1 aromatic heterocycles. The van der Waals surface area contributed by atoms with Crippen LogP contribution in [0.1, 0.15) is 89.4 Å². The number of carbonyl (C=O) groups excluding carboxylic acids is 2. The van der Waals surface area contributed by atoms with Gasteiger partial charge in [-0.2, -0.15) is 5.10 Å². The van der Waals surface area contributed by atoms with E-state index in [1.54, 1.807) is 17.8 Å². The number of rotatable bonds is 8. The van der Waals surface area contributed by atoms with Crippen LogP contribution < -0.4 is 0 Å². The molecule has 182 valence electrons. The van der Waals surface area contributed by atoms with Gasteiger partial charge in [0.25, 0.3) is 0 Å². The van der Waals surface area contributed by atoms with Gasteiger partial charge in [-0.3, -0.25) is 9.48 Å². The van der Waals surface area contributed by atoms with Crippen LogP contribution in [0.15, 0.2) is 12.4 Å². The fraction of sp³-hybridized carbons (Fsp3) is 0.821. The van der Waals surface area contributed by atoms with E-state index >= 15 is 0 Å². The van der Waals surface area contributed by atoms with Gasteiger partial charge in [-0.05, 0) is 85.9 Å². The molecule has 0 amide bonds. The van der Waals surface area contributed by atoms with Gasteiger partial charge in [-0.15, -0.1) is 0 Å². The summed E-state index contributed by atoms with van der Waals surface area (Å²) < 4.78 is 6.72. The lowest BCUT2D eigenvalue weighted by molar-refractivity contribution is -0.133. The van der Waals surface area contributed by atoms with E-state index in [2.05, 4.69) is 25.9 Å². The highest BCUT2D eigenvalue weighted by molar-refractivity contribution is 5.89. The molecular formula is C28H42N2O3. The van der Waals surface area contributed by atoms with Crippen molar-refractivity contribution in [3.8, 4) is 0 Å². The molecule has 0 saturated heterocycles. The first kappa shape index (κ1) is 23.1. The second-order valence-corrected chi connectivity index (χ2v) is 11.8. The van der Waals surface area contributed by atoms with Crippen molar-refractivity contribution < 1.29 is 14.3 Å². The van der Waals surface area contributed by atoms with E-state index in [0.29, 0.717) is 23.9 Å². The number of esters is 1. The Hall–Kier alpha value is -1.65. The number of carbonyl (C=O) groups is 2. The van der Waals surface area contributed by atoms with Crippen molar-refractivity contribution in [2.45, 2.75) is 85.6 Å². The third-order valence-corrected chi connectivity index (χ3v) is 10.3. The number of nitrogens with zero attached hydrogens (tertiary/aromatic N) is 2. The summed E-state index contributed by atoms with van der Waals surface area (Å²) in [6.45, 7) is 9.62. The van der Waals surface area contributed by atoms with Gasteiger partial charge in [-0.25, -0.2) is 4.79 Å². The first-order valence-corrected chi connectivity index (χ1v) is 13.6. The number of Topliss-reactive ketones (excluding diaryl/α,β-unsaturated/α-hetero) is 1. The maximum Gasteiger partial charge on any atom is 0.341 e. The fourth-order valence-electron chi connectivity index (χ4n) is 9.12. The predicted octanol–water partition coefficient (Wildman–Crippen LogP) is 5.78. The molecule has 4 saturated carbocycles. The van der Waals surface area contributed by atoms with Gasteiger partial charge >= 0.3 is 5.97 Å². The largest absolute Gasteiger partial charge is 0.462 e. The van der Waals surface area contributed by atoms with Crippen LogP contribution in [0, 0.1) is 52.8 Å². The topological polar surface area (TPSA) is 61.2 Å². The average Bonchev–Trinajstić information content (AvgIpc) is 3.29. The minimum Gasteiger partial charge on any atom is -0.462 e. The molecule has 5 rings (SSSR count). The van der Waals surface area contributed by atoms with Gasteiger partial charge in [0.05, 0.1) is 24.9 Å². The van der Waals surface area contributed by atoms with E-state index in [1.165, 1.54) is 57.6 Å². The van der Waals surface area contributed by atoms with E-state index < -0.39 is 0 Å². The zero-order chi connectivity index (χ0) is 23.3. The first-order valence-electron chi connectivity index (χ1n) is 13.6. The monoisotopic (exact) mass is 454 g/mol. The van der Waals surface area contributed by atoms with Gasteiger partial charge in [0.15, 0.2) is 5.78 Å². The van der Waals surface area contributed by atoms with Crippen molar-refractivity contribution in [3.05, 3.63) is 18.0 Å². The summed E-state index contributed by atoms with van der Waals surface area (Å²) in [5, 5.41) is 4.30. The molecule has 0 radical (unpaired) electrons. The van der Waals surface area contributed by atoms with Gasteiger partial charge in [-0.1, -0.05) is 40.0 Å². The molecule has 0 aliphatic heterocycles. The van der Waals surface area contributed by atoms with Gasteiger partial charge < -0.3 is 4.74 Å². The summed E-state index contributed by atoms with van der Waals surface area (Å²) in [5.41, 5.74) is 0.582. The van der Waals surface area contributed by atoms with Crippen LogP contribution in [0.5, 0.6) is 0 Å². The smallest absolute Gasteiger partial charge is 0.341 e. The van der Waals surface area contributed by atoms with E-state index in [1.807, 2.05) is 0 Å². The number of hydrogen-bond acceptors (Lipinski definition) is 4. The molecule has 9 unspecified atom stereocenters. The quantitative estimate of drug-likeness (QED) is 0.467. The molecule has 4 fully saturated rings. The SMILES string of the molecule is CCCC1C(CC)CCC2C1CCC1(C)C(C(=O)Cn3cc(C(=O)OCC)cn3)C3CC3C21. The van der Waals surface area contributed by atoms with E-state index in [9.17, 15) is 9.59 Å². The van der Waals surface area contributed by atoms with Gasteiger partial charge in [0.1, 0.15) is 0 Å². The number of ether oxygens (including phenoxy) is 1. The number of aromatic nitrogens is 2. The molecule has 5 nitrogen and oxygen atoms in total. The minimum absolute atomic E-state index is 0.152. The van der Waals surface area contributed by atoms with Crippen LogP contribution in [0.2, 0.25) is 0 Å². The lowest BCUT2D eigenvalue weighted by atomic mass is 9.49. The zero-order valence-electron chi connectivity index (χ0n) is 21.0. The zero-order valence-corrected chi connectivity index (χ0v) is 21.0. The molecule has 4 aliphatic carbocycles. The molecule has 1 aromatic rings. The van der Waals surface area contributed by atoms with Crippen molar-refractivity contribution in [1.82, 2.24) is 9.78 Å². The summed E-state index contributed by atoms with van der Waals surface area (Å²) in [6.07, 6.45) is 13.8. The van der Waals surface area contributed by atoms with Crippen molar-refractivity contribution in [2.75, 3.05) is 6.61 Å². The Morgan fingerprint density at radius 3 is 2.67 bits per heavy atom. The van der Waals surface area contributed by atoms with Crippen LogP contribution in [-0.2, 0) is 16.1 Å². The van der Waals surface area contributed by atoms with Crippen LogP contribution in [0.25, 0.3) is 0 Å². The Balaban J connectivity index is 1.33. The highest BCUT2D eigenvalue weighted by Crippen LogP contribution is 2.74. The molecular weight excluding hydrogens is 412 g/mol. The summed E-state index contributed by atoms with van der Waals surface area (Å²) in [4.78, 5) is 25.7. The molecule has 0 spiro atoms. The number of ketones is 1. The Morgan fingerprint density at radius 2 is 1.94 bits per heavy atom. The number of hydrogen-bond donors (Lipinski definition) is 0. The van der Waals surface area contributed by atoms with Crippen LogP contribution >= 0.6 is 0 Å². The molecule has 33 heavy (non-hydrogen) atoms. The highest BCUT2D eigenvalue weighted by Gasteiger charge is 2.70. The summed E-state index contributed by atoms with van der Waals surface area (Å²) >= 11 is 0. The van der Waals surface area contributed by atoms with Crippen molar-refractivity contribution in [1.29, 1.82) is 0 Å². The standard InChI is InChI=1S/C28H42N2O3/c1-5-8-19-17(6-2)9-10-21-20(19)11-12-28(4)25(21)22-13-23(22)26(28)24(31)16-30-15-18(14-29-30)27(32)33-7-3/h14-15,17,19-23,25-26H,5-13,16H2,1-4H3. The van der Waals surface area contributed by atoms with E-state index in [4.69, 9.17) is 4.74 Å². The molecule has 0 N–H and O–H groups in total. The van der Waals surface area contributed by atoms with Crippen LogP contribution in [0.3, 0.4) is 0 Å². The first-order chi connectivity index (χ1) is 15.9. The molecule has 9 atom stereocenters. The Labute approximate surface area is 199 Å². The normalized spacial score (nSPS) is 41.1. The average molecular weight is 455 g/mol. The van der Waals surface area contributed by atoms with Crippen LogP contribution in [-0.4, -0.2) is 28.1 Å². The summed E-state index contributed by atoms with van der Waals surface area (Å²) in [7, 11) is 0. The second-order valence-electron chi connectivity index (χ2n) is 11.8. The van der Waals surface area contributed by atoms with Crippen molar-refractivity contribution in [3.63, 3.8) is 0 Å². The lowest BCUT2D eigenvalue weighted by Crippen LogP contribution is -2.50. The highest BCUT2D eigenvalue weighted by atomic mass is 16.5. The maximum absolute atomic E-state index is 13.7. The van der Waals surface area contributed by atoms with Crippen molar-refractivity contribution >= 4 is 11.8 Å². The minimum atomic E-state index is -0.367. The van der Waals surface area contributed by atoms with Gasteiger partial charge in [0.2, 0.25) is 0 Å².